The molecule has 3 rings (SSSR count). The van der Waals surface area contributed by atoms with Gasteiger partial charge in [-0.3, -0.25) is 0 Å². The van der Waals surface area contributed by atoms with Crippen molar-refractivity contribution in [3.63, 3.8) is 0 Å². The van der Waals surface area contributed by atoms with Gasteiger partial charge in [-0.25, -0.2) is 8.78 Å². The van der Waals surface area contributed by atoms with Crippen LogP contribution in [0.2, 0.25) is 0 Å². The third-order valence-corrected chi connectivity index (χ3v) is 7.49. The molecular formula is C29H37F2N. The molecule has 0 spiro atoms. The second-order valence-electron chi connectivity index (χ2n) is 9.67. The summed E-state index contributed by atoms with van der Waals surface area (Å²) in [7, 11) is 0. The molecule has 0 amide bonds. The average molecular weight is 438 g/mol. The maximum atomic E-state index is 14.0. The van der Waals surface area contributed by atoms with Crippen LogP contribution in [0.25, 0.3) is 11.1 Å². The van der Waals surface area contributed by atoms with Crippen molar-refractivity contribution in [2.75, 3.05) is 0 Å². The van der Waals surface area contributed by atoms with Crippen molar-refractivity contribution in [3.05, 3.63) is 59.2 Å². The Labute approximate surface area is 192 Å². The minimum Gasteiger partial charge on any atom is -0.205 e. The van der Waals surface area contributed by atoms with E-state index in [9.17, 15) is 8.78 Å². The average Bonchev–Trinajstić information content (AvgIpc) is 2.81. The van der Waals surface area contributed by atoms with Crippen molar-refractivity contribution < 1.29 is 8.78 Å². The molecule has 1 nitrogen and oxygen atoms in total. The zero-order valence-corrected chi connectivity index (χ0v) is 19.7. The molecule has 0 radical (unpaired) electrons. The number of unbranched alkanes of at least 4 members (excludes halogenated alkanes) is 5. The third kappa shape index (κ3) is 6.41. The summed E-state index contributed by atoms with van der Waals surface area (Å²) in [5.74, 6) is 0.503. The second-order valence-corrected chi connectivity index (χ2v) is 9.67. The fourth-order valence-corrected chi connectivity index (χ4v) is 5.29. The number of nitriles is 1. The molecule has 1 aliphatic carbocycles. The first-order valence-electron chi connectivity index (χ1n) is 12.5. The van der Waals surface area contributed by atoms with Gasteiger partial charge in [-0.05, 0) is 59.4 Å². The summed E-state index contributed by atoms with van der Waals surface area (Å²) in [6, 6.07) is 12.1. The van der Waals surface area contributed by atoms with Gasteiger partial charge in [0.05, 0.1) is 0 Å². The van der Waals surface area contributed by atoms with Crippen LogP contribution in [0, 0.1) is 34.8 Å². The summed E-state index contributed by atoms with van der Waals surface area (Å²) in [5, 5.41) is 8.85. The third-order valence-electron chi connectivity index (χ3n) is 7.49. The molecule has 0 saturated heterocycles. The van der Waals surface area contributed by atoms with E-state index in [1.807, 2.05) is 12.1 Å². The first kappa shape index (κ1) is 24.4. The number of nitrogens with zero attached hydrogens (tertiary/aromatic N) is 1. The van der Waals surface area contributed by atoms with Gasteiger partial charge >= 0.3 is 0 Å². The van der Waals surface area contributed by atoms with Gasteiger partial charge in [-0.15, -0.1) is 0 Å². The summed E-state index contributed by atoms with van der Waals surface area (Å²) in [6.07, 6.45) is 15.0. The molecule has 0 aliphatic heterocycles. The summed E-state index contributed by atoms with van der Waals surface area (Å²) in [5.41, 5.74) is 2.01. The molecule has 0 bridgehead atoms. The number of hydrogen-bond donors (Lipinski definition) is 0. The molecule has 0 heterocycles. The lowest BCUT2D eigenvalue weighted by Crippen LogP contribution is -2.19. The molecule has 0 N–H and O–H groups in total. The fourth-order valence-electron chi connectivity index (χ4n) is 5.29. The lowest BCUT2D eigenvalue weighted by molar-refractivity contribution is 0.236. The van der Waals surface area contributed by atoms with E-state index in [1.54, 1.807) is 6.07 Å². The van der Waals surface area contributed by atoms with Crippen LogP contribution in [0.1, 0.15) is 102 Å². The molecule has 32 heavy (non-hydrogen) atoms. The van der Waals surface area contributed by atoms with Crippen LogP contribution in [-0.2, 0) is 0 Å². The lowest BCUT2D eigenvalue weighted by atomic mass is 9.73. The Balaban J connectivity index is 1.50. The smallest absolute Gasteiger partial charge is 0.144 e. The molecule has 2 aromatic carbocycles. The highest BCUT2D eigenvalue weighted by atomic mass is 19.1. The van der Waals surface area contributed by atoms with E-state index in [-0.39, 0.29) is 0 Å². The molecule has 0 aromatic heterocycles. The Morgan fingerprint density at radius 1 is 0.875 bits per heavy atom. The van der Waals surface area contributed by atoms with Crippen molar-refractivity contribution in [3.8, 4) is 17.2 Å². The molecule has 2 aromatic rings. The quantitative estimate of drug-likeness (QED) is 0.340. The highest BCUT2D eigenvalue weighted by Gasteiger charge is 2.26. The normalized spacial score (nSPS) is 19.5. The number of hydrogen-bond acceptors (Lipinski definition) is 1. The van der Waals surface area contributed by atoms with Gasteiger partial charge in [-0.2, -0.15) is 5.26 Å². The lowest BCUT2D eigenvalue weighted by Gasteiger charge is -2.32. The Morgan fingerprint density at radius 3 is 2.06 bits per heavy atom. The molecular weight excluding hydrogens is 400 g/mol. The molecule has 1 unspecified atom stereocenters. The predicted molar refractivity (Wildman–Crippen MR) is 128 cm³/mol. The number of halogens is 2. The summed E-state index contributed by atoms with van der Waals surface area (Å²) in [4.78, 5) is 0. The minimum absolute atomic E-state index is 0.466. The van der Waals surface area contributed by atoms with Crippen molar-refractivity contribution in [2.24, 2.45) is 11.8 Å². The van der Waals surface area contributed by atoms with Crippen LogP contribution in [0.3, 0.4) is 0 Å². The van der Waals surface area contributed by atoms with Gasteiger partial charge in [0, 0.05) is 0 Å². The minimum atomic E-state index is -0.808. The van der Waals surface area contributed by atoms with Gasteiger partial charge < -0.3 is 0 Å². The number of benzene rings is 2. The maximum absolute atomic E-state index is 14.0. The Morgan fingerprint density at radius 2 is 1.47 bits per heavy atom. The summed E-state index contributed by atoms with van der Waals surface area (Å²) < 4.78 is 27.9. The summed E-state index contributed by atoms with van der Waals surface area (Å²) >= 11 is 0. The molecule has 1 fully saturated rings. The van der Waals surface area contributed by atoms with E-state index in [0.29, 0.717) is 17.4 Å². The molecule has 172 valence electrons. The predicted octanol–water partition coefficient (Wildman–Crippen LogP) is 9.16. The van der Waals surface area contributed by atoms with E-state index in [4.69, 9.17) is 5.26 Å². The van der Waals surface area contributed by atoms with E-state index in [2.05, 4.69) is 26.0 Å². The monoisotopic (exact) mass is 437 g/mol. The van der Waals surface area contributed by atoms with E-state index < -0.39 is 17.2 Å². The van der Waals surface area contributed by atoms with Crippen LogP contribution in [-0.4, -0.2) is 0 Å². The topological polar surface area (TPSA) is 23.8 Å². The highest BCUT2D eigenvalue weighted by molar-refractivity contribution is 5.65. The number of rotatable bonds is 10. The van der Waals surface area contributed by atoms with Crippen LogP contribution < -0.4 is 0 Å². The van der Waals surface area contributed by atoms with Gasteiger partial charge in [0.15, 0.2) is 0 Å². The van der Waals surface area contributed by atoms with Gasteiger partial charge in [0.25, 0.3) is 0 Å². The standard InChI is InChI=1S/C29H37F2N/c1-3-4-5-6-7-8-9-22-10-12-23(13-11-22)21(2)24-14-16-25(17-15-24)26-18-28(30)27(20-32)29(31)19-26/h14-19,21-23H,3-13H2,1-2H3. The van der Waals surface area contributed by atoms with Crippen molar-refractivity contribution in [1.29, 1.82) is 5.26 Å². The molecule has 1 atom stereocenters. The SMILES string of the molecule is CCCCCCCCC1CCC(C(C)c2ccc(-c3cc(F)c(C#N)c(F)c3)cc2)CC1. The highest BCUT2D eigenvalue weighted by Crippen LogP contribution is 2.40. The van der Waals surface area contributed by atoms with Crippen molar-refractivity contribution >= 4 is 0 Å². The zero-order valence-electron chi connectivity index (χ0n) is 19.7. The van der Waals surface area contributed by atoms with E-state index in [1.165, 1.54) is 88.3 Å². The Hall–Kier alpha value is -2.21. The van der Waals surface area contributed by atoms with Crippen LogP contribution in [0.5, 0.6) is 0 Å². The molecule has 1 aliphatic rings. The van der Waals surface area contributed by atoms with Gasteiger partial charge in [0.2, 0.25) is 0 Å². The molecule has 3 heteroatoms. The van der Waals surface area contributed by atoms with E-state index in [0.717, 1.165) is 11.5 Å². The van der Waals surface area contributed by atoms with Crippen LogP contribution in [0.15, 0.2) is 36.4 Å². The van der Waals surface area contributed by atoms with Crippen LogP contribution >= 0.6 is 0 Å². The first-order valence-corrected chi connectivity index (χ1v) is 12.5. The van der Waals surface area contributed by atoms with Crippen molar-refractivity contribution in [1.82, 2.24) is 0 Å². The second kappa shape index (κ2) is 12.1. The Kier molecular flexibility index (Phi) is 9.27. The van der Waals surface area contributed by atoms with Gasteiger partial charge in [-0.1, -0.05) is 95.9 Å². The Bertz CT molecular complexity index is 865. The van der Waals surface area contributed by atoms with Gasteiger partial charge in [0.1, 0.15) is 23.3 Å². The first-order chi connectivity index (χ1) is 15.5. The fraction of sp³-hybridized carbons (Fsp3) is 0.552. The maximum Gasteiger partial charge on any atom is 0.144 e. The van der Waals surface area contributed by atoms with Crippen molar-refractivity contribution in [2.45, 2.75) is 90.4 Å². The zero-order chi connectivity index (χ0) is 22.9. The molecule has 1 saturated carbocycles. The van der Waals surface area contributed by atoms with E-state index >= 15 is 0 Å². The summed E-state index contributed by atoms with van der Waals surface area (Å²) in [6.45, 7) is 4.58. The largest absolute Gasteiger partial charge is 0.205 e. The van der Waals surface area contributed by atoms with Crippen LogP contribution in [0.4, 0.5) is 8.78 Å².